The first-order chi connectivity index (χ1) is 14.8. The van der Waals surface area contributed by atoms with Crippen LogP contribution in [0.2, 0.25) is 0 Å². The normalized spacial score (nSPS) is 20.2. The summed E-state index contributed by atoms with van der Waals surface area (Å²) in [5.74, 6) is -0.281. The van der Waals surface area contributed by atoms with Gasteiger partial charge in [-0.1, -0.05) is 77.7 Å². The fourth-order valence-corrected chi connectivity index (χ4v) is 6.92. The summed E-state index contributed by atoms with van der Waals surface area (Å²) in [6, 6.07) is 16.5. The van der Waals surface area contributed by atoms with Crippen molar-refractivity contribution < 1.29 is 9.53 Å². The lowest BCUT2D eigenvalue weighted by Gasteiger charge is -2.44. The number of benzene rings is 2. The number of hydrogen-bond acceptors (Lipinski definition) is 6. The van der Waals surface area contributed by atoms with E-state index in [0.29, 0.717) is 11.5 Å². The molecule has 0 N–H and O–H groups in total. The van der Waals surface area contributed by atoms with E-state index < -0.39 is 0 Å². The molecule has 0 amide bonds. The summed E-state index contributed by atoms with van der Waals surface area (Å²) in [6.07, 6.45) is 0. The largest absolute Gasteiger partial charge is 0.462 e. The van der Waals surface area contributed by atoms with E-state index in [1.165, 1.54) is 17.3 Å². The minimum absolute atomic E-state index is 0.281. The topological polar surface area (TPSA) is 29.5 Å². The zero-order valence-electron chi connectivity index (χ0n) is 18.3. The minimum atomic E-state index is -0.319. The fourth-order valence-electron chi connectivity index (χ4n) is 3.74. The van der Waals surface area contributed by atoms with Crippen LogP contribution >= 0.6 is 35.7 Å². The second-order valence-corrected chi connectivity index (χ2v) is 10.8. The quantitative estimate of drug-likeness (QED) is 0.284. The molecule has 31 heavy (non-hydrogen) atoms. The van der Waals surface area contributed by atoms with Gasteiger partial charge in [0.1, 0.15) is 4.91 Å². The molecule has 2 aromatic carbocycles. The number of esters is 1. The molecule has 6 heteroatoms. The maximum Gasteiger partial charge on any atom is 0.346 e. The smallest absolute Gasteiger partial charge is 0.346 e. The molecule has 160 valence electrons. The van der Waals surface area contributed by atoms with Crippen molar-refractivity contribution >= 4 is 62.7 Å². The minimum Gasteiger partial charge on any atom is -0.462 e. The average Bonchev–Trinajstić information content (AvgIpc) is 3.19. The van der Waals surface area contributed by atoms with Gasteiger partial charge in [0.2, 0.25) is 0 Å². The van der Waals surface area contributed by atoms with Crippen LogP contribution in [0.5, 0.6) is 0 Å². The highest BCUT2D eigenvalue weighted by atomic mass is 32.2. The summed E-state index contributed by atoms with van der Waals surface area (Å²) in [5.41, 5.74) is 5.21. The van der Waals surface area contributed by atoms with Crippen molar-refractivity contribution in [2.75, 3.05) is 18.6 Å². The van der Waals surface area contributed by atoms with E-state index in [-0.39, 0.29) is 11.5 Å². The molecule has 0 aliphatic carbocycles. The number of carbonyl (C=O) groups excluding carboxylic acids is 1. The molecule has 0 aromatic heterocycles. The number of thiocarbonyl (C=S) groups is 1. The molecule has 2 heterocycles. The molecule has 0 atom stereocenters. The number of carbonyl (C=O) groups is 1. The third-order valence-electron chi connectivity index (χ3n) is 5.70. The van der Waals surface area contributed by atoms with Gasteiger partial charge in [0.25, 0.3) is 0 Å². The molecule has 2 aliphatic heterocycles. The molecule has 0 bridgehead atoms. The van der Waals surface area contributed by atoms with E-state index in [4.69, 9.17) is 17.0 Å². The summed E-state index contributed by atoms with van der Waals surface area (Å²) >= 11 is 9.15. The summed E-state index contributed by atoms with van der Waals surface area (Å²) in [5, 5.41) is 0. The van der Waals surface area contributed by atoms with Gasteiger partial charge in [-0.2, -0.15) is 0 Å². The molecule has 0 radical (unpaired) electrons. The third kappa shape index (κ3) is 3.86. The van der Waals surface area contributed by atoms with Crippen molar-refractivity contribution in [3.05, 3.63) is 74.4 Å². The van der Waals surface area contributed by atoms with Gasteiger partial charge in [-0.25, -0.2) is 4.79 Å². The number of aryl methyl sites for hydroxylation is 1. The van der Waals surface area contributed by atoms with Crippen molar-refractivity contribution in [1.29, 1.82) is 0 Å². The number of fused-ring (bicyclic) bond motifs is 1. The molecule has 4 rings (SSSR count). The second-order valence-electron chi connectivity index (χ2n) is 8.08. The first-order valence-corrected chi connectivity index (χ1v) is 12.3. The number of ether oxygens (including phenoxy) is 1. The second kappa shape index (κ2) is 8.49. The highest BCUT2D eigenvalue weighted by Gasteiger charge is 2.41. The summed E-state index contributed by atoms with van der Waals surface area (Å²) in [7, 11) is 2.09. The van der Waals surface area contributed by atoms with Crippen molar-refractivity contribution in [1.82, 2.24) is 0 Å². The van der Waals surface area contributed by atoms with Gasteiger partial charge in [-0.3, -0.25) is 0 Å². The summed E-state index contributed by atoms with van der Waals surface area (Å²) < 4.78 is 6.43. The van der Waals surface area contributed by atoms with Crippen LogP contribution in [0.15, 0.2) is 57.7 Å². The predicted octanol–water partition coefficient (Wildman–Crippen LogP) is 6.67. The Morgan fingerprint density at radius 1 is 1.13 bits per heavy atom. The summed E-state index contributed by atoms with van der Waals surface area (Å²) in [6.45, 7) is 8.58. The Balaban J connectivity index is 1.90. The van der Waals surface area contributed by atoms with Crippen LogP contribution in [0, 0.1) is 6.92 Å². The zero-order valence-corrected chi connectivity index (χ0v) is 20.8. The molecule has 0 unspecified atom stereocenters. The molecule has 2 aromatic rings. The number of nitrogens with zero attached hydrogens (tertiary/aromatic N) is 1. The summed E-state index contributed by atoms with van der Waals surface area (Å²) in [4.78, 5) is 17.5. The highest BCUT2D eigenvalue weighted by molar-refractivity contribution is 8.32. The van der Waals surface area contributed by atoms with Gasteiger partial charge in [-0.15, -0.1) is 0 Å². The number of hydrogen-bond donors (Lipinski definition) is 0. The van der Waals surface area contributed by atoms with Gasteiger partial charge in [0.15, 0.2) is 0 Å². The zero-order chi connectivity index (χ0) is 22.3. The van der Waals surface area contributed by atoms with Crippen LogP contribution in [0.1, 0.15) is 37.5 Å². The van der Waals surface area contributed by atoms with Gasteiger partial charge < -0.3 is 9.64 Å². The van der Waals surface area contributed by atoms with E-state index in [2.05, 4.69) is 50.9 Å². The van der Waals surface area contributed by atoms with Gasteiger partial charge >= 0.3 is 5.97 Å². The van der Waals surface area contributed by atoms with Crippen molar-refractivity contribution in [3.8, 4) is 0 Å². The fraction of sp³-hybridized carbons (Fsp3) is 0.280. The number of thioether (sulfide) groups is 2. The Hall–Kier alpha value is -2.02. The molecule has 0 saturated carbocycles. The highest BCUT2D eigenvalue weighted by Crippen LogP contribution is 2.58. The molecule has 0 saturated heterocycles. The Morgan fingerprint density at radius 3 is 2.52 bits per heavy atom. The van der Waals surface area contributed by atoms with Crippen LogP contribution in [0.25, 0.3) is 10.5 Å². The van der Waals surface area contributed by atoms with Gasteiger partial charge in [0.05, 0.1) is 16.4 Å². The van der Waals surface area contributed by atoms with Crippen LogP contribution in [-0.4, -0.2) is 30.0 Å². The maximum atomic E-state index is 12.8. The Morgan fingerprint density at radius 2 is 1.84 bits per heavy atom. The van der Waals surface area contributed by atoms with E-state index in [9.17, 15) is 4.79 Å². The van der Waals surface area contributed by atoms with E-state index in [1.54, 1.807) is 11.8 Å². The Labute approximate surface area is 197 Å². The standard InChI is InChI=1S/C25H25NO2S3/c1-6-28-23(27)21-20(16-10-8-7-9-11-16)30-24(31-21)19-17-14-15(2)12-13-18(17)26(5)25(3,4)22(19)29/h7-14H,6H2,1-5H3/b24-19-. The molecular weight excluding hydrogens is 442 g/mol. The molecule has 3 nitrogen and oxygen atoms in total. The van der Waals surface area contributed by atoms with Crippen molar-refractivity contribution in [3.63, 3.8) is 0 Å². The van der Waals surface area contributed by atoms with Gasteiger partial charge in [0, 0.05) is 33.6 Å². The molecular formula is C25H25NO2S3. The van der Waals surface area contributed by atoms with E-state index in [0.717, 1.165) is 36.4 Å². The third-order valence-corrected chi connectivity index (χ3v) is 9.03. The SMILES string of the molecule is CCOC(=O)C1=C(c2ccccc2)S/C(=C2/C(=S)C(C)(C)N(C)c3ccc(C)cc32)S1. The van der Waals surface area contributed by atoms with E-state index >= 15 is 0 Å². The maximum absolute atomic E-state index is 12.8. The predicted molar refractivity (Wildman–Crippen MR) is 138 cm³/mol. The van der Waals surface area contributed by atoms with Crippen LogP contribution in [0.4, 0.5) is 5.69 Å². The first kappa shape index (κ1) is 22.2. The lowest BCUT2D eigenvalue weighted by atomic mass is 9.83. The van der Waals surface area contributed by atoms with E-state index in [1.807, 2.05) is 37.3 Å². The number of rotatable bonds is 3. The molecule has 0 fully saturated rings. The van der Waals surface area contributed by atoms with Gasteiger partial charge in [-0.05, 0) is 45.4 Å². The number of anilines is 1. The van der Waals surface area contributed by atoms with Crippen molar-refractivity contribution in [2.24, 2.45) is 0 Å². The monoisotopic (exact) mass is 467 g/mol. The lowest BCUT2D eigenvalue weighted by Crippen LogP contribution is -2.51. The average molecular weight is 468 g/mol. The Kier molecular flexibility index (Phi) is 6.08. The van der Waals surface area contributed by atoms with Crippen LogP contribution < -0.4 is 4.90 Å². The van der Waals surface area contributed by atoms with Crippen LogP contribution in [0.3, 0.4) is 0 Å². The Bertz CT molecular complexity index is 1130. The van der Waals surface area contributed by atoms with Crippen molar-refractivity contribution in [2.45, 2.75) is 33.2 Å². The molecule has 2 aliphatic rings. The molecule has 0 spiro atoms. The lowest BCUT2D eigenvalue weighted by molar-refractivity contribution is -0.137. The first-order valence-electron chi connectivity index (χ1n) is 10.2. The van der Waals surface area contributed by atoms with Crippen LogP contribution in [-0.2, 0) is 9.53 Å².